The lowest BCUT2D eigenvalue weighted by Gasteiger charge is -2.31. The smallest absolute Gasteiger partial charge is 0.0342 e. The summed E-state index contributed by atoms with van der Waals surface area (Å²) in [6.07, 6.45) is 3.97. The quantitative estimate of drug-likeness (QED) is 0.901. The molecule has 1 aromatic heterocycles. The molecular formula is C13H21BrN2S. The lowest BCUT2D eigenvalue weighted by molar-refractivity contribution is 0.163. The van der Waals surface area contributed by atoms with Crippen molar-refractivity contribution in [2.24, 2.45) is 11.7 Å². The summed E-state index contributed by atoms with van der Waals surface area (Å²) in [5, 5.41) is 2.16. The molecule has 0 spiro atoms. The summed E-state index contributed by atoms with van der Waals surface area (Å²) < 4.78 is 1.25. The van der Waals surface area contributed by atoms with Crippen LogP contribution in [0.5, 0.6) is 0 Å². The summed E-state index contributed by atoms with van der Waals surface area (Å²) in [5.41, 5.74) is 5.89. The summed E-state index contributed by atoms with van der Waals surface area (Å²) in [5.74, 6) is 0.702. The SMILES string of the molecule is CCN(Cc1sccc1Br)C1CCCC1CN. The van der Waals surface area contributed by atoms with Crippen LogP contribution in [-0.4, -0.2) is 24.0 Å². The molecule has 96 valence electrons. The second kappa shape index (κ2) is 6.32. The molecule has 1 aromatic rings. The highest BCUT2D eigenvalue weighted by Crippen LogP contribution is 2.32. The first kappa shape index (κ1) is 13.5. The van der Waals surface area contributed by atoms with Crippen molar-refractivity contribution in [2.75, 3.05) is 13.1 Å². The van der Waals surface area contributed by atoms with Gasteiger partial charge in [-0.1, -0.05) is 13.3 Å². The van der Waals surface area contributed by atoms with Gasteiger partial charge in [-0.05, 0) is 59.2 Å². The lowest BCUT2D eigenvalue weighted by atomic mass is 10.0. The second-order valence-electron chi connectivity index (χ2n) is 4.75. The third kappa shape index (κ3) is 3.11. The zero-order valence-electron chi connectivity index (χ0n) is 10.4. The van der Waals surface area contributed by atoms with Crippen LogP contribution < -0.4 is 5.73 Å². The maximum atomic E-state index is 5.89. The number of hydrogen-bond acceptors (Lipinski definition) is 3. The van der Waals surface area contributed by atoms with E-state index in [9.17, 15) is 0 Å². The molecule has 0 bridgehead atoms. The van der Waals surface area contributed by atoms with Crippen LogP contribution in [-0.2, 0) is 6.54 Å². The topological polar surface area (TPSA) is 29.3 Å². The predicted molar refractivity (Wildman–Crippen MR) is 78.3 cm³/mol. The third-order valence-corrected chi connectivity index (χ3v) is 5.75. The van der Waals surface area contributed by atoms with Gasteiger partial charge < -0.3 is 5.73 Å². The monoisotopic (exact) mass is 316 g/mol. The van der Waals surface area contributed by atoms with E-state index < -0.39 is 0 Å². The fourth-order valence-electron chi connectivity index (χ4n) is 2.86. The molecular weight excluding hydrogens is 296 g/mol. The van der Waals surface area contributed by atoms with E-state index in [0.29, 0.717) is 12.0 Å². The van der Waals surface area contributed by atoms with Crippen molar-refractivity contribution < 1.29 is 0 Å². The summed E-state index contributed by atoms with van der Waals surface area (Å²) in [7, 11) is 0. The molecule has 2 rings (SSSR count). The van der Waals surface area contributed by atoms with Crippen LogP contribution in [0.2, 0.25) is 0 Å². The van der Waals surface area contributed by atoms with Crippen molar-refractivity contribution in [2.45, 2.75) is 38.8 Å². The van der Waals surface area contributed by atoms with E-state index in [1.807, 2.05) is 11.3 Å². The molecule has 1 saturated carbocycles. The number of rotatable bonds is 5. The first-order valence-corrected chi connectivity index (χ1v) is 8.09. The van der Waals surface area contributed by atoms with Gasteiger partial charge in [-0.15, -0.1) is 11.3 Å². The molecule has 1 aliphatic carbocycles. The standard InChI is InChI=1S/C13H21BrN2S/c1-2-16(9-13-11(14)6-7-17-13)12-5-3-4-10(12)8-15/h6-7,10,12H,2-5,8-9,15H2,1H3. The third-order valence-electron chi connectivity index (χ3n) is 3.83. The van der Waals surface area contributed by atoms with Crippen LogP contribution in [0.3, 0.4) is 0 Å². The van der Waals surface area contributed by atoms with Gasteiger partial charge in [0.1, 0.15) is 0 Å². The van der Waals surface area contributed by atoms with Gasteiger partial charge in [0.2, 0.25) is 0 Å². The van der Waals surface area contributed by atoms with E-state index in [1.54, 1.807) is 0 Å². The summed E-state index contributed by atoms with van der Waals surface area (Å²) in [6, 6.07) is 2.84. The molecule has 2 atom stereocenters. The van der Waals surface area contributed by atoms with Crippen molar-refractivity contribution >= 4 is 27.3 Å². The normalized spacial score (nSPS) is 24.7. The van der Waals surface area contributed by atoms with Gasteiger partial charge in [-0.3, -0.25) is 4.90 Å². The Morgan fingerprint density at radius 1 is 1.53 bits per heavy atom. The van der Waals surface area contributed by atoms with E-state index in [-0.39, 0.29) is 0 Å². The molecule has 0 aromatic carbocycles. The Bertz CT molecular complexity index is 353. The van der Waals surface area contributed by atoms with Crippen molar-refractivity contribution in [1.29, 1.82) is 0 Å². The summed E-state index contributed by atoms with van der Waals surface area (Å²) in [6.45, 7) is 5.28. The van der Waals surface area contributed by atoms with E-state index in [0.717, 1.165) is 19.6 Å². The average molecular weight is 317 g/mol. The van der Waals surface area contributed by atoms with Gasteiger partial charge in [0.25, 0.3) is 0 Å². The van der Waals surface area contributed by atoms with Crippen molar-refractivity contribution in [3.8, 4) is 0 Å². The molecule has 0 amide bonds. The first-order chi connectivity index (χ1) is 8.26. The second-order valence-corrected chi connectivity index (χ2v) is 6.60. The molecule has 1 heterocycles. The Morgan fingerprint density at radius 2 is 2.35 bits per heavy atom. The zero-order chi connectivity index (χ0) is 12.3. The molecule has 1 fully saturated rings. The van der Waals surface area contributed by atoms with E-state index >= 15 is 0 Å². The molecule has 2 N–H and O–H groups in total. The minimum absolute atomic E-state index is 0.694. The van der Waals surface area contributed by atoms with Gasteiger partial charge in [-0.25, -0.2) is 0 Å². The predicted octanol–water partition coefficient (Wildman–Crippen LogP) is 3.46. The number of nitrogens with two attached hydrogens (primary N) is 1. The maximum Gasteiger partial charge on any atom is 0.0342 e. The minimum atomic E-state index is 0.694. The van der Waals surface area contributed by atoms with Gasteiger partial charge in [0.05, 0.1) is 0 Å². The van der Waals surface area contributed by atoms with Crippen molar-refractivity contribution in [1.82, 2.24) is 4.90 Å². The molecule has 2 unspecified atom stereocenters. The number of hydrogen-bond donors (Lipinski definition) is 1. The van der Waals surface area contributed by atoms with E-state index in [4.69, 9.17) is 5.73 Å². The van der Waals surface area contributed by atoms with Gasteiger partial charge in [0, 0.05) is 21.9 Å². The first-order valence-electron chi connectivity index (χ1n) is 6.42. The van der Waals surface area contributed by atoms with Gasteiger partial charge in [0.15, 0.2) is 0 Å². The Morgan fingerprint density at radius 3 is 2.94 bits per heavy atom. The highest BCUT2D eigenvalue weighted by molar-refractivity contribution is 9.10. The van der Waals surface area contributed by atoms with Crippen LogP contribution >= 0.6 is 27.3 Å². The van der Waals surface area contributed by atoms with E-state index in [2.05, 4.69) is 39.2 Å². The number of thiophene rings is 1. The van der Waals surface area contributed by atoms with Crippen LogP contribution in [0, 0.1) is 5.92 Å². The number of nitrogens with zero attached hydrogens (tertiary/aromatic N) is 1. The molecule has 0 radical (unpaired) electrons. The molecule has 1 aliphatic rings. The van der Waals surface area contributed by atoms with Gasteiger partial charge in [-0.2, -0.15) is 0 Å². The average Bonchev–Trinajstić information content (AvgIpc) is 2.95. The Labute approximate surface area is 116 Å². The van der Waals surface area contributed by atoms with Crippen LogP contribution in [0.4, 0.5) is 0 Å². The summed E-state index contributed by atoms with van der Waals surface area (Å²) >= 11 is 5.46. The van der Waals surface area contributed by atoms with E-state index in [1.165, 1.54) is 28.6 Å². The number of halogens is 1. The molecule has 17 heavy (non-hydrogen) atoms. The fraction of sp³-hybridized carbons (Fsp3) is 0.692. The Hall–Kier alpha value is 0.1000. The molecule has 0 aliphatic heterocycles. The molecule has 0 saturated heterocycles. The van der Waals surface area contributed by atoms with Crippen LogP contribution in [0.15, 0.2) is 15.9 Å². The Kier molecular flexibility index (Phi) is 5.03. The zero-order valence-corrected chi connectivity index (χ0v) is 12.8. The largest absolute Gasteiger partial charge is 0.330 e. The van der Waals surface area contributed by atoms with Crippen molar-refractivity contribution in [3.05, 3.63) is 20.8 Å². The van der Waals surface area contributed by atoms with Crippen molar-refractivity contribution in [3.63, 3.8) is 0 Å². The highest BCUT2D eigenvalue weighted by atomic mass is 79.9. The lowest BCUT2D eigenvalue weighted by Crippen LogP contribution is -2.39. The molecule has 4 heteroatoms. The highest BCUT2D eigenvalue weighted by Gasteiger charge is 2.30. The Balaban J connectivity index is 2.03. The minimum Gasteiger partial charge on any atom is -0.330 e. The molecule has 2 nitrogen and oxygen atoms in total. The van der Waals surface area contributed by atoms with Gasteiger partial charge >= 0.3 is 0 Å². The fourth-order valence-corrected chi connectivity index (χ4v) is 4.36. The van der Waals surface area contributed by atoms with Crippen LogP contribution in [0.25, 0.3) is 0 Å². The van der Waals surface area contributed by atoms with Crippen LogP contribution in [0.1, 0.15) is 31.1 Å². The maximum absolute atomic E-state index is 5.89. The summed E-state index contributed by atoms with van der Waals surface area (Å²) in [4.78, 5) is 4.04.